The van der Waals surface area contributed by atoms with Gasteiger partial charge < -0.3 is 9.47 Å². The molecule has 32 heavy (non-hydrogen) atoms. The number of carbonyl (C=O) groups excluding carboxylic acids is 2. The number of anilines is 1. The molecule has 0 atom stereocenters. The Morgan fingerprint density at radius 3 is 2.28 bits per heavy atom. The second kappa shape index (κ2) is 10.4. The Morgan fingerprint density at radius 1 is 1.03 bits per heavy atom. The van der Waals surface area contributed by atoms with Crippen LogP contribution in [0.15, 0.2) is 47.4 Å². The molecule has 172 valence electrons. The van der Waals surface area contributed by atoms with Crippen LogP contribution in [0, 0.1) is 5.92 Å². The number of halogens is 1. The van der Waals surface area contributed by atoms with E-state index in [-0.39, 0.29) is 27.8 Å². The van der Waals surface area contributed by atoms with Crippen LogP contribution in [-0.2, 0) is 19.6 Å². The van der Waals surface area contributed by atoms with E-state index in [0.29, 0.717) is 10.8 Å². The Labute approximate surface area is 193 Å². The van der Waals surface area contributed by atoms with Gasteiger partial charge in [-0.15, -0.1) is 0 Å². The van der Waals surface area contributed by atoms with Gasteiger partial charge in [0.15, 0.2) is 5.78 Å². The van der Waals surface area contributed by atoms with Gasteiger partial charge in [-0.05, 0) is 55.3 Å². The quantitative estimate of drug-likeness (QED) is 0.409. The van der Waals surface area contributed by atoms with Crippen molar-refractivity contribution in [3.05, 3.63) is 53.1 Å². The van der Waals surface area contributed by atoms with E-state index < -0.39 is 22.5 Å². The molecule has 1 aliphatic carbocycles. The summed E-state index contributed by atoms with van der Waals surface area (Å²) in [7, 11) is -1.55. The molecule has 0 N–H and O–H groups in total. The number of nitrogens with zero attached hydrogens (tertiary/aromatic N) is 1. The first-order chi connectivity index (χ1) is 15.3. The first kappa shape index (κ1) is 24.1. The number of hydrogen-bond acceptors (Lipinski definition) is 6. The highest BCUT2D eigenvalue weighted by Gasteiger charge is 2.33. The van der Waals surface area contributed by atoms with Gasteiger partial charge in [0.2, 0.25) is 0 Å². The third-order valence-electron chi connectivity index (χ3n) is 5.62. The van der Waals surface area contributed by atoms with Gasteiger partial charge in [-0.3, -0.25) is 13.9 Å². The van der Waals surface area contributed by atoms with E-state index in [4.69, 9.17) is 21.1 Å². The fourth-order valence-electron chi connectivity index (χ4n) is 3.86. The molecule has 0 aromatic heterocycles. The van der Waals surface area contributed by atoms with Gasteiger partial charge in [0.25, 0.3) is 10.0 Å². The molecule has 2 aromatic carbocycles. The molecule has 3 rings (SSSR count). The standard InChI is InChI=1S/C23H26ClNO6S/c1-30-18-9-11-19(12-10-18)32(28,29)25(15-22(26)31-2)21-13-8-17(24)14-20(21)23(27)16-6-4-3-5-7-16/h8-14,16H,3-7,15H2,1-2H3. The molecule has 0 unspecified atom stereocenters. The second-order valence-electron chi connectivity index (χ2n) is 7.62. The fourth-order valence-corrected chi connectivity index (χ4v) is 5.46. The zero-order valence-corrected chi connectivity index (χ0v) is 19.6. The third kappa shape index (κ3) is 5.24. The van der Waals surface area contributed by atoms with Gasteiger partial charge in [0, 0.05) is 16.5 Å². The van der Waals surface area contributed by atoms with Crippen LogP contribution >= 0.6 is 11.6 Å². The number of ketones is 1. The molecular formula is C23H26ClNO6S. The normalized spacial score (nSPS) is 14.6. The first-order valence-electron chi connectivity index (χ1n) is 10.3. The topological polar surface area (TPSA) is 90.0 Å². The highest BCUT2D eigenvalue weighted by atomic mass is 35.5. The lowest BCUT2D eigenvalue weighted by Gasteiger charge is -2.27. The zero-order valence-electron chi connectivity index (χ0n) is 18.0. The summed E-state index contributed by atoms with van der Waals surface area (Å²) in [5.74, 6) is -0.636. The number of benzene rings is 2. The van der Waals surface area contributed by atoms with Gasteiger partial charge in [0.1, 0.15) is 12.3 Å². The van der Waals surface area contributed by atoms with Crippen molar-refractivity contribution in [3.8, 4) is 5.75 Å². The van der Waals surface area contributed by atoms with Crippen molar-refractivity contribution in [2.45, 2.75) is 37.0 Å². The van der Waals surface area contributed by atoms with Crippen LogP contribution in [0.1, 0.15) is 42.5 Å². The molecule has 0 saturated heterocycles. The number of Topliss-reactive ketones (excluding diaryl/α,β-unsaturated/α-hetero) is 1. The van der Waals surface area contributed by atoms with E-state index in [0.717, 1.165) is 36.4 Å². The maximum Gasteiger partial charge on any atom is 0.326 e. The van der Waals surface area contributed by atoms with Crippen LogP contribution in [0.5, 0.6) is 5.75 Å². The fraction of sp³-hybridized carbons (Fsp3) is 0.391. The van der Waals surface area contributed by atoms with Gasteiger partial charge in [0.05, 0.1) is 24.8 Å². The minimum atomic E-state index is -4.20. The predicted octanol–water partition coefficient (Wildman–Crippen LogP) is 4.48. The molecule has 0 amide bonds. The summed E-state index contributed by atoms with van der Waals surface area (Å²) in [6, 6.07) is 10.2. The number of sulfonamides is 1. The molecule has 0 bridgehead atoms. The number of ether oxygens (including phenoxy) is 2. The van der Waals surface area contributed by atoms with Crippen LogP contribution in [0.4, 0.5) is 5.69 Å². The maximum atomic E-state index is 13.6. The average molecular weight is 480 g/mol. The first-order valence-corrected chi connectivity index (χ1v) is 12.2. The number of methoxy groups -OCH3 is 2. The molecule has 7 nitrogen and oxygen atoms in total. The monoisotopic (exact) mass is 479 g/mol. The molecule has 9 heteroatoms. The molecular weight excluding hydrogens is 454 g/mol. The van der Waals surface area contributed by atoms with Crippen LogP contribution in [-0.4, -0.2) is 40.9 Å². The van der Waals surface area contributed by atoms with E-state index in [1.165, 1.54) is 56.7 Å². The summed E-state index contributed by atoms with van der Waals surface area (Å²) >= 11 is 6.18. The summed E-state index contributed by atoms with van der Waals surface area (Å²) < 4.78 is 37.8. The lowest BCUT2D eigenvalue weighted by atomic mass is 9.83. The van der Waals surface area contributed by atoms with Crippen LogP contribution in [0.2, 0.25) is 5.02 Å². The minimum Gasteiger partial charge on any atom is -0.497 e. The maximum absolute atomic E-state index is 13.6. The largest absolute Gasteiger partial charge is 0.497 e. The van der Waals surface area contributed by atoms with E-state index in [9.17, 15) is 18.0 Å². The highest BCUT2D eigenvalue weighted by Crippen LogP contribution is 2.34. The smallest absolute Gasteiger partial charge is 0.326 e. The molecule has 0 spiro atoms. The molecule has 1 fully saturated rings. The van der Waals surface area contributed by atoms with E-state index in [1.54, 1.807) is 0 Å². The Kier molecular flexibility index (Phi) is 7.79. The molecule has 0 radical (unpaired) electrons. The highest BCUT2D eigenvalue weighted by molar-refractivity contribution is 7.92. The molecule has 0 aliphatic heterocycles. The van der Waals surface area contributed by atoms with Gasteiger partial charge in [-0.25, -0.2) is 8.42 Å². The lowest BCUT2D eigenvalue weighted by Crippen LogP contribution is -2.37. The number of rotatable bonds is 8. The lowest BCUT2D eigenvalue weighted by molar-refractivity contribution is -0.138. The SMILES string of the molecule is COC(=O)CN(c1ccc(Cl)cc1C(=O)C1CCCCC1)S(=O)(=O)c1ccc(OC)cc1. The number of esters is 1. The van der Waals surface area contributed by atoms with Gasteiger partial charge >= 0.3 is 5.97 Å². The summed E-state index contributed by atoms with van der Waals surface area (Å²) in [5.41, 5.74) is 0.289. The van der Waals surface area contributed by atoms with Crippen LogP contribution in [0.25, 0.3) is 0 Å². The predicted molar refractivity (Wildman–Crippen MR) is 122 cm³/mol. The van der Waals surface area contributed by atoms with Crippen molar-refractivity contribution in [2.75, 3.05) is 25.1 Å². The Balaban J connectivity index is 2.11. The Morgan fingerprint density at radius 2 is 1.69 bits per heavy atom. The summed E-state index contributed by atoms with van der Waals surface area (Å²) in [6.07, 6.45) is 4.46. The molecule has 1 saturated carbocycles. The van der Waals surface area contributed by atoms with E-state index >= 15 is 0 Å². The number of hydrogen-bond donors (Lipinski definition) is 0. The summed E-state index contributed by atoms with van der Waals surface area (Å²) in [5, 5.41) is 0.313. The van der Waals surface area contributed by atoms with Gasteiger partial charge in [-0.1, -0.05) is 30.9 Å². The van der Waals surface area contributed by atoms with Crippen molar-refractivity contribution < 1.29 is 27.5 Å². The second-order valence-corrected chi connectivity index (χ2v) is 9.92. The molecule has 0 heterocycles. The minimum absolute atomic E-state index is 0.0479. The number of carbonyl (C=O) groups is 2. The van der Waals surface area contributed by atoms with Crippen LogP contribution < -0.4 is 9.04 Å². The van der Waals surface area contributed by atoms with Crippen LogP contribution in [0.3, 0.4) is 0 Å². The zero-order chi connectivity index (χ0) is 23.3. The van der Waals surface area contributed by atoms with Gasteiger partial charge in [-0.2, -0.15) is 0 Å². The molecule has 1 aliphatic rings. The van der Waals surface area contributed by atoms with Crippen molar-refractivity contribution in [2.24, 2.45) is 5.92 Å². The molecule has 2 aromatic rings. The van der Waals surface area contributed by atoms with Crippen molar-refractivity contribution in [1.82, 2.24) is 0 Å². The third-order valence-corrected chi connectivity index (χ3v) is 7.63. The van der Waals surface area contributed by atoms with Crippen molar-refractivity contribution in [3.63, 3.8) is 0 Å². The average Bonchev–Trinajstić information content (AvgIpc) is 2.82. The van der Waals surface area contributed by atoms with Crippen molar-refractivity contribution in [1.29, 1.82) is 0 Å². The summed E-state index contributed by atoms with van der Waals surface area (Å²) in [6.45, 7) is -0.586. The van der Waals surface area contributed by atoms with Crippen molar-refractivity contribution >= 4 is 39.1 Å². The van der Waals surface area contributed by atoms with E-state index in [2.05, 4.69) is 0 Å². The summed E-state index contributed by atoms with van der Waals surface area (Å²) in [4.78, 5) is 25.5. The van der Waals surface area contributed by atoms with E-state index in [1.807, 2.05) is 0 Å². The Bertz CT molecular complexity index is 1080. The Hall–Kier alpha value is -2.58.